The zero-order valence-electron chi connectivity index (χ0n) is 32.0. The van der Waals surface area contributed by atoms with E-state index < -0.39 is 0 Å². The molecule has 1 aromatic heterocycles. The summed E-state index contributed by atoms with van der Waals surface area (Å²) in [6, 6.07) is 75.5. The third kappa shape index (κ3) is 5.25. The van der Waals surface area contributed by atoms with Crippen molar-refractivity contribution in [1.82, 2.24) is 4.57 Å². The lowest BCUT2D eigenvalue weighted by Gasteiger charge is -2.28. The van der Waals surface area contributed by atoms with E-state index in [9.17, 15) is 0 Å². The summed E-state index contributed by atoms with van der Waals surface area (Å²) in [5.41, 5.74) is 17.2. The Bertz CT molecular complexity index is 3120. The molecule has 0 bridgehead atoms. The van der Waals surface area contributed by atoms with Gasteiger partial charge in [-0.15, -0.1) is 0 Å². The maximum Gasteiger partial charge on any atom is 0.0625 e. The predicted octanol–water partition coefficient (Wildman–Crippen LogP) is 15.0. The van der Waals surface area contributed by atoms with Gasteiger partial charge in [0.2, 0.25) is 0 Å². The Morgan fingerprint density at radius 1 is 0.404 bits per heavy atom. The molecule has 0 atom stereocenters. The Morgan fingerprint density at radius 3 is 1.81 bits per heavy atom. The maximum atomic E-state index is 2.46. The number of anilines is 3. The Balaban J connectivity index is 1.07. The van der Waals surface area contributed by atoms with Gasteiger partial charge in [-0.1, -0.05) is 153 Å². The van der Waals surface area contributed by atoms with Crippen molar-refractivity contribution in [3.63, 3.8) is 0 Å². The van der Waals surface area contributed by atoms with Crippen LogP contribution in [-0.2, 0) is 5.41 Å². The molecule has 0 aliphatic heterocycles. The minimum atomic E-state index is -0.0803. The summed E-state index contributed by atoms with van der Waals surface area (Å²) in [6.07, 6.45) is 0. The fraction of sp³-hybridized carbons (Fsp3) is 0.0545. The Labute approximate surface area is 333 Å². The molecule has 0 amide bonds. The lowest BCUT2D eigenvalue weighted by atomic mass is 9.82. The van der Waals surface area contributed by atoms with Crippen molar-refractivity contribution in [2.24, 2.45) is 0 Å². The van der Waals surface area contributed by atoms with E-state index in [1.807, 2.05) is 0 Å². The van der Waals surface area contributed by atoms with Crippen LogP contribution in [0.15, 0.2) is 206 Å². The maximum absolute atomic E-state index is 2.46. The van der Waals surface area contributed by atoms with E-state index >= 15 is 0 Å². The third-order valence-corrected chi connectivity index (χ3v) is 12.1. The predicted molar refractivity (Wildman–Crippen MR) is 241 cm³/mol. The van der Waals surface area contributed by atoms with Gasteiger partial charge in [-0.3, -0.25) is 0 Å². The largest absolute Gasteiger partial charge is 0.310 e. The number of para-hydroxylation sites is 2. The van der Waals surface area contributed by atoms with E-state index in [4.69, 9.17) is 0 Å². The number of hydrogen-bond acceptors (Lipinski definition) is 1. The normalized spacial score (nSPS) is 12.9. The summed E-state index contributed by atoms with van der Waals surface area (Å²) in [6.45, 7) is 4.70. The van der Waals surface area contributed by atoms with Crippen LogP contribution < -0.4 is 4.90 Å². The summed E-state index contributed by atoms with van der Waals surface area (Å²) < 4.78 is 2.46. The monoisotopic (exact) mass is 728 g/mol. The third-order valence-electron chi connectivity index (χ3n) is 12.1. The fourth-order valence-electron chi connectivity index (χ4n) is 9.41. The number of fused-ring (bicyclic) bond motifs is 8. The second kappa shape index (κ2) is 13.0. The van der Waals surface area contributed by atoms with Crippen LogP contribution in [0.25, 0.3) is 71.6 Å². The number of hydrogen-bond donors (Lipinski definition) is 0. The van der Waals surface area contributed by atoms with Gasteiger partial charge in [-0.25, -0.2) is 0 Å². The second-order valence-corrected chi connectivity index (χ2v) is 15.8. The first-order valence-corrected chi connectivity index (χ1v) is 19.9. The van der Waals surface area contributed by atoms with Gasteiger partial charge in [0.15, 0.2) is 0 Å². The highest BCUT2D eigenvalue weighted by Crippen LogP contribution is 2.51. The molecule has 1 heterocycles. The molecule has 1 aliphatic rings. The van der Waals surface area contributed by atoms with E-state index in [1.54, 1.807) is 0 Å². The average Bonchev–Trinajstić information content (AvgIpc) is 3.73. The lowest BCUT2D eigenvalue weighted by molar-refractivity contribution is 0.660. The van der Waals surface area contributed by atoms with Gasteiger partial charge in [-0.2, -0.15) is 0 Å². The van der Waals surface area contributed by atoms with Crippen molar-refractivity contribution < 1.29 is 0 Å². The highest BCUT2D eigenvalue weighted by atomic mass is 15.1. The van der Waals surface area contributed by atoms with Gasteiger partial charge >= 0.3 is 0 Å². The highest BCUT2D eigenvalue weighted by molar-refractivity contribution is 6.24. The first-order chi connectivity index (χ1) is 28.0. The Hall–Kier alpha value is -7.16. The molecule has 0 fully saturated rings. The number of benzene rings is 9. The van der Waals surface area contributed by atoms with Crippen molar-refractivity contribution in [3.8, 4) is 39.1 Å². The first kappa shape index (κ1) is 33.2. The number of nitrogens with zero attached hydrogens (tertiary/aromatic N) is 2. The minimum absolute atomic E-state index is 0.0803. The number of rotatable bonds is 6. The summed E-state index contributed by atoms with van der Waals surface area (Å²) in [5.74, 6) is 0. The van der Waals surface area contributed by atoms with E-state index in [1.165, 1.54) is 77.1 Å². The molecular weight excluding hydrogens is 689 g/mol. The molecule has 57 heavy (non-hydrogen) atoms. The fourth-order valence-corrected chi connectivity index (χ4v) is 9.41. The molecule has 0 spiro atoms. The molecule has 1 aliphatic carbocycles. The Morgan fingerprint density at radius 2 is 1.02 bits per heavy atom. The Kier molecular flexibility index (Phi) is 7.55. The van der Waals surface area contributed by atoms with Crippen LogP contribution in [0.1, 0.15) is 25.0 Å². The van der Waals surface area contributed by atoms with E-state index in [0.29, 0.717) is 0 Å². The summed E-state index contributed by atoms with van der Waals surface area (Å²) >= 11 is 0. The molecule has 2 nitrogen and oxygen atoms in total. The molecule has 0 N–H and O–H groups in total. The first-order valence-electron chi connectivity index (χ1n) is 19.9. The van der Waals surface area contributed by atoms with Crippen LogP contribution in [0.4, 0.5) is 17.1 Å². The van der Waals surface area contributed by atoms with Crippen LogP contribution in [0.3, 0.4) is 0 Å². The van der Waals surface area contributed by atoms with Crippen LogP contribution in [0.5, 0.6) is 0 Å². The standard InChI is InChI=1S/C55H40N2/c1-55(2)50-25-15-14-24-46(50)47-32-31-44(36-51(47)55)56(41-19-8-4-9-20-41)43-29-26-37(27-30-43)39-28-33-52-49(34-39)53-48(38-16-6-3-7-17-38)35-40-18-12-13-23-45(40)54(53)57(52)42-21-10-5-11-22-42/h3-36H,1-2H3. The van der Waals surface area contributed by atoms with Crippen LogP contribution in [0.2, 0.25) is 0 Å². The molecule has 270 valence electrons. The molecule has 0 radical (unpaired) electrons. The van der Waals surface area contributed by atoms with Crippen molar-refractivity contribution in [2.45, 2.75) is 19.3 Å². The summed E-state index contributed by atoms with van der Waals surface area (Å²) in [4.78, 5) is 2.39. The molecule has 9 aromatic carbocycles. The van der Waals surface area contributed by atoms with Crippen LogP contribution in [0, 0.1) is 0 Å². The molecule has 0 saturated carbocycles. The number of aromatic nitrogens is 1. The highest BCUT2D eigenvalue weighted by Gasteiger charge is 2.35. The van der Waals surface area contributed by atoms with Gasteiger partial charge in [0.25, 0.3) is 0 Å². The van der Waals surface area contributed by atoms with Crippen molar-refractivity contribution >= 4 is 49.6 Å². The molecule has 2 heteroatoms. The van der Waals surface area contributed by atoms with Crippen LogP contribution >= 0.6 is 0 Å². The molecule has 0 unspecified atom stereocenters. The van der Waals surface area contributed by atoms with E-state index in [-0.39, 0.29) is 5.41 Å². The smallest absolute Gasteiger partial charge is 0.0625 e. The minimum Gasteiger partial charge on any atom is -0.310 e. The zero-order chi connectivity index (χ0) is 38.1. The zero-order valence-corrected chi connectivity index (χ0v) is 32.0. The second-order valence-electron chi connectivity index (χ2n) is 15.8. The molecule has 11 rings (SSSR count). The quantitative estimate of drug-likeness (QED) is 0.165. The van der Waals surface area contributed by atoms with Gasteiger partial charge < -0.3 is 9.47 Å². The van der Waals surface area contributed by atoms with E-state index in [2.05, 4.69) is 230 Å². The van der Waals surface area contributed by atoms with Gasteiger partial charge in [-0.05, 0) is 117 Å². The van der Waals surface area contributed by atoms with Gasteiger partial charge in [0.1, 0.15) is 0 Å². The summed E-state index contributed by atoms with van der Waals surface area (Å²) in [5, 5.41) is 5.00. The summed E-state index contributed by atoms with van der Waals surface area (Å²) in [7, 11) is 0. The van der Waals surface area contributed by atoms with Crippen molar-refractivity contribution in [3.05, 3.63) is 217 Å². The molecule has 10 aromatic rings. The van der Waals surface area contributed by atoms with Crippen molar-refractivity contribution in [1.29, 1.82) is 0 Å². The lowest BCUT2D eigenvalue weighted by Crippen LogP contribution is -2.16. The molecule has 0 saturated heterocycles. The molecular formula is C55H40N2. The van der Waals surface area contributed by atoms with E-state index in [0.717, 1.165) is 22.7 Å². The average molecular weight is 729 g/mol. The van der Waals surface area contributed by atoms with Crippen LogP contribution in [-0.4, -0.2) is 4.57 Å². The topological polar surface area (TPSA) is 8.17 Å². The SMILES string of the molecule is CC1(C)c2ccccc2-c2ccc(N(c3ccccc3)c3ccc(-c4ccc5c(c4)c4c(-c6ccccc6)cc6ccccc6c4n5-c4ccccc4)cc3)cc21. The van der Waals surface area contributed by atoms with Crippen molar-refractivity contribution in [2.75, 3.05) is 4.90 Å². The van der Waals surface area contributed by atoms with Gasteiger partial charge in [0.05, 0.1) is 11.0 Å². The van der Waals surface area contributed by atoms with Gasteiger partial charge in [0, 0.05) is 44.3 Å².